The Morgan fingerprint density at radius 2 is 1.48 bits per heavy atom. The maximum Gasteiger partial charge on any atom is 0.309 e. The lowest BCUT2D eigenvalue weighted by Gasteiger charge is -2.39. The molecule has 0 unspecified atom stereocenters. The van der Waals surface area contributed by atoms with Gasteiger partial charge in [0.25, 0.3) is 0 Å². The van der Waals surface area contributed by atoms with Crippen molar-refractivity contribution in [2.24, 2.45) is 17.8 Å². The number of rotatable bonds is 12. The molecule has 0 rings (SSSR count). The van der Waals surface area contributed by atoms with E-state index in [1.165, 1.54) is 4.90 Å². The summed E-state index contributed by atoms with van der Waals surface area (Å²) in [6.45, 7) is 16.9. The van der Waals surface area contributed by atoms with Gasteiger partial charge in [-0.1, -0.05) is 48.0 Å². The molecule has 0 saturated heterocycles. The van der Waals surface area contributed by atoms with E-state index in [0.29, 0.717) is 6.42 Å². The number of carbonyl (C=O) groups excluding carboxylic acids is 3. The maximum absolute atomic E-state index is 13.5. The Labute approximate surface area is 201 Å². The minimum absolute atomic E-state index is 0.0647. The minimum atomic E-state index is -1.09. The highest BCUT2D eigenvalue weighted by Crippen LogP contribution is 2.23. The molecule has 0 heterocycles. The van der Waals surface area contributed by atoms with Gasteiger partial charge in [0, 0.05) is 7.05 Å². The third-order valence-corrected chi connectivity index (χ3v) is 5.90. The number of hydrogen-bond acceptors (Lipinski definition) is 6. The fraction of sp³-hybridized carbons (Fsp3) is 0.880. The number of aliphatic hydroxyl groups is 1. The fourth-order valence-electron chi connectivity index (χ4n) is 4.19. The molecular formula is C25H49N3O5. The van der Waals surface area contributed by atoms with Crippen molar-refractivity contribution in [1.29, 1.82) is 0 Å². The molecule has 8 nitrogen and oxygen atoms in total. The first-order chi connectivity index (χ1) is 14.9. The van der Waals surface area contributed by atoms with Crippen LogP contribution in [0.5, 0.6) is 0 Å². The molecular weight excluding hydrogens is 422 g/mol. The molecule has 2 amide bonds. The number of esters is 1. The molecule has 0 radical (unpaired) electrons. The molecule has 194 valence electrons. The number of nitrogens with zero attached hydrogens (tertiary/aromatic N) is 2. The summed E-state index contributed by atoms with van der Waals surface area (Å²) in [5.74, 6) is -1.14. The quantitative estimate of drug-likeness (QED) is 0.425. The first-order valence-corrected chi connectivity index (χ1v) is 12.1. The Morgan fingerprint density at radius 1 is 0.970 bits per heavy atom. The standard InChI is InChI=1S/C25H49N3O5/c1-13-17(6)22(18(29)14-19(30)33-25(7,8)9)28(12)24(32)20(15(2)3)26-23(31)21(16(4)5)27(10)11/h15-18,20-22,29H,13-14H2,1-12H3,(H,26,31)/t17-,18+,20-,21-,22-/m0/s1. The lowest BCUT2D eigenvalue weighted by molar-refractivity contribution is -0.159. The molecule has 8 heteroatoms. The summed E-state index contributed by atoms with van der Waals surface area (Å²) < 4.78 is 5.36. The van der Waals surface area contributed by atoms with Gasteiger partial charge in [-0.05, 0) is 52.6 Å². The van der Waals surface area contributed by atoms with E-state index in [4.69, 9.17) is 4.74 Å². The van der Waals surface area contributed by atoms with Crippen LogP contribution in [0.4, 0.5) is 0 Å². The lowest BCUT2D eigenvalue weighted by Crippen LogP contribution is -2.59. The SMILES string of the molecule is CC[C@H](C)[C@@H]([C@H](O)CC(=O)OC(C)(C)C)N(C)C(=O)[C@@H](NC(=O)[C@H](C(C)C)N(C)C)C(C)C. The normalized spacial score (nSPS) is 16.8. The molecule has 0 saturated carbocycles. The highest BCUT2D eigenvalue weighted by molar-refractivity contribution is 5.90. The third kappa shape index (κ3) is 10.0. The van der Waals surface area contributed by atoms with Crippen LogP contribution in [-0.2, 0) is 19.1 Å². The van der Waals surface area contributed by atoms with Crippen molar-refractivity contribution in [3.8, 4) is 0 Å². The van der Waals surface area contributed by atoms with E-state index < -0.39 is 29.8 Å². The van der Waals surface area contributed by atoms with E-state index in [0.717, 1.165) is 0 Å². The van der Waals surface area contributed by atoms with Crippen molar-refractivity contribution in [3.05, 3.63) is 0 Å². The van der Waals surface area contributed by atoms with Crippen molar-refractivity contribution in [2.45, 2.75) is 105 Å². The summed E-state index contributed by atoms with van der Waals surface area (Å²) in [7, 11) is 5.31. The monoisotopic (exact) mass is 471 g/mol. The smallest absolute Gasteiger partial charge is 0.309 e. The molecule has 0 aliphatic rings. The van der Waals surface area contributed by atoms with Crippen LogP contribution in [0.3, 0.4) is 0 Å². The molecule has 0 aliphatic carbocycles. The van der Waals surface area contributed by atoms with E-state index in [-0.39, 0.29) is 42.0 Å². The Morgan fingerprint density at radius 3 is 1.85 bits per heavy atom. The zero-order chi connectivity index (χ0) is 26.3. The molecule has 0 fully saturated rings. The van der Waals surface area contributed by atoms with E-state index in [1.807, 2.05) is 60.5 Å². The molecule has 33 heavy (non-hydrogen) atoms. The Kier molecular flexibility index (Phi) is 12.6. The zero-order valence-corrected chi connectivity index (χ0v) is 22.9. The van der Waals surface area contributed by atoms with E-state index >= 15 is 0 Å². The number of ether oxygens (including phenoxy) is 1. The largest absolute Gasteiger partial charge is 0.460 e. The van der Waals surface area contributed by atoms with Gasteiger partial charge in [-0.25, -0.2) is 0 Å². The predicted molar refractivity (Wildman–Crippen MR) is 132 cm³/mol. The van der Waals surface area contributed by atoms with Crippen molar-refractivity contribution in [3.63, 3.8) is 0 Å². The summed E-state index contributed by atoms with van der Waals surface area (Å²) in [5, 5.41) is 13.9. The van der Waals surface area contributed by atoms with Crippen molar-refractivity contribution in [1.82, 2.24) is 15.1 Å². The number of aliphatic hydroxyl groups excluding tert-OH is 1. The van der Waals surface area contributed by atoms with Crippen LogP contribution >= 0.6 is 0 Å². The van der Waals surface area contributed by atoms with Gasteiger partial charge in [-0.15, -0.1) is 0 Å². The Balaban J connectivity index is 5.74. The summed E-state index contributed by atoms with van der Waals surface area (Å²) >= 11 is 0. The molecule has 0 aromatic rings. The van der Waals surface area contributed by atoms with Crippen molar-refractivity contribution in [2.75, 3.05) is 21.1 Å². The van der Waals surface area contributed by atoms with Gasteiger partial charge < -0.3 is 20.1 Å². The first-order valence-electron chi connectivity index (χ1n) is 12.1. The Bertz CT molecular complexity index is 634. The highest BCUT2D eigenvalue weighted by Gasteiger charge is 2.38. The number of nitrogens with one attached hydrogen (secondary N) is 1. The molecule has 0 aromatic carbocycles. The minimum Gasteiger partial charge on any atom is -0.460 e. The number of hydrogen-bond donors (Lipinski definition) is 2. The number of amides is 2. The molecule has 0 aromatic heterocycles. The summed E-state index contributed by atoms with van der Waals surface area (Å²) in [6, 6.07) is -1.71. The molecule has 5 atom stereocenters. The molecule has 0 spiro atoms. The van der Waals surface area contributed by atoms with E-state index in [2.05, 4.69) is 5.32 Å². The average Bonchev–Trinajstić information content (AvgIpc) is 2.62. The zero-order valence-electron chi connectivity index (χ0n) is 22.9. The van der Waals surface area contributed by atoms with Gasteiger partial charge in [-0.2, -0.15) is 0 Å². The Hall–Kier alpha value is -1.67. The fourth-order valence-corrected chi connectivity index (χ4v) is 4.19. The molecule has 2 N–H and O–H groups in total. The second-order valence-corrected chi connectivity index (χ2v) is 11.1. The maximum atomic E-state index is 13.5. The van der Waals surface area contributed by atoms with Crippen LogP contribution in [0.2, 0.25) is 0 Å². The number of likely N-dealkylation sites (N-methyl/N-ethyl adjacent to an activating group) is 2. The van der Waals surface area contributed by atoms with Gasteiger partial charge in [-0.3, -0.25) is 19.3 Å². The van der Waals surface area contributed by atoms with Crippen LogP contribution in [0.1, 0.15) is 75.2 Å². The summed E-state index contributed by atoms with van der Waals surface area (Å²) in [5.41, 5.74) is -0.656. The van der Waals surface area contributed by atoms with Gasteiger partial charge in [0.2, 0.25) is 11.8 Å². The highest BCUT2D eigenvalue weighted by atomic mass is 16.6. The van der Waals surface area contributed by atoms with Gasteiger partial charge in [0.05, 0.1) is 24.6 Å². The van der Waals surface area contributed by atoms with Gasteiger partial charge >= 0.3 is 5.97 Å². The average molecular weight is 472 g/mol. The third-order valence-electron chi connectivity index (χ3n) is 5.90. The van der Waals surface area contributed by atoms with Gasteiger partial charge in [0.1, 0.15) is 11.6 Å². The summed E-state index contributed by atoms with van der Waals surface area (Å²) in [6.07, 6.45) is -0.585. The van der Waals surface area contributed by atoms with Crippen LogP contribution in [0.15, 0.2) is 0 Å². The van der Waals surface area contributed by atoms with E-state index in [9.17, 15) is 19.5 Å². The van der Waals surface area contributed by atoms with Crippen molar-refractivity contribution >= 4 is 17.8 Å². The molecule has 0 aliphatic heterocycles. The van der Waals surface area contributed by atoms with E-state index in [1.54, 1.807) is 27.8 Å². The van der Waals surface area contributed by atoms with Gasteiger partial charge in [0.15, 0.2) is 0 Å². The van der Waals surface area contributed by atoms with Crippen LogP contribution in [-0.4, -0.2) is 83.7 Å². The van der Waals surface area contributed by atoms with Crippen LogP contribution in [0.25, 0.3) is 0 Å². The predicted octanol–water partition coefficient (Wildman–Crippen LogP) is 2.68. The number of carbonyl (C=O) groups is 3. The topological polar surface area (TPSA) is 99.2 Å². The lowest BCUT2D eigenvalue weighted by atomic mass is 9.90. The van der Waals surface area contributed by atoms with Crippen LogP contribution in [0, 0.1) is 17.8 Å². The van der Waals surface area contributed by atoms with Crippen LogP contribution < -0.4 is 5.32 Å². The second-order valence-electron chi connectivity index (χ2n) is 11.1. The summed E-state index contributed by atoms with van der Waals surface area (Å²) in [4.78, 5) is 42.2. The van der Waals surface area contributed by atoms with Crippen molar-refractivity contribution < 1.29 is 24.2 Å². The second kappa shape index (κ2) is 13.3. The first kappa shape index (κ1) is 31.3. The molecule has 0 bridgehead atoms.